The molecule has 3 saturated carbocycles. The van der Waals surface area contributed by atoms with Crippen LogP contribution in [0.25, 0.3) is 0 Å². The Kier molecular flexibility index (Phi) is 5.95. The van der Waals surface area contributed by atoms with E-state index in [0.29, 0.717) is 34.8 Å². The summed E-state index contributed by atoms with van der Waals surface area (Å²) in [5.74, 6) is 3.46. The van der Waals surface area contributed by atoms with Gasteiger partial charge in [-0.25, -0.2) is 4.79 Å². The van der Waals surface area contributed by atoms with Crippen LogP contribution in [0.1, 0.15) is 95.8 Å². The summed E-state index contributed by atoms with van der Waals surface area (Å²) in [4.78, 5) is 12.7. The van der Waals surface area contributed by atoms with Crippen molar-refractivity contribution in [2.24, 2.45) is 46.3 Å². The second-order valence-electron chi connectivity index (χ2n) is 14.4. The number of allylic oxidation sites excluding steroid dienone is 1. The molecule has 2 saturated heterocycles. The van der Waals surface area contributed by atoms with Crippen molar-refractivity contribution in [2.45, 2.75) is 103 Å². The standard InChI is InChI=1S/C34H46O4/c1-21-12-17-34(36-20-21)22(2)30-29(38-34)19-28-26-11-10-24-18-25(37-31(35)23-8-6-5-7-9-23)13-15-32(24,3)27(26)14-16-33(28,30)4/h5-10,21-22,25-30H,11-20H2,1-4H3/t21-,22+,25+,26-,27+,28+,29+,30+,32+,33+,34?/m0/s1. The Morgan fingerprint density at radius 1 is 1.00 bits per heavy atom. The van der Waals surface area contributed by atoms with Crippen molar-refractivity contribution in [3.05, 3.63) is 47.5 Å². The lowest BCUT2D eigenvalue weighted by Crippen LogP contribution is -2.52. The largest absolute Gasteiger partial charge is 0.458 e. The van der Waals surface area contributed by atoms with Gasteiger partial charge in [0.05, 0.1) is 18.3 Å². The summed E-state index contributed by atoms with van der Waals surface area (Å²) in [6.07, 6.45) is 13.3. The third kappa shape index (κ3) is 3.65. The average Bonchev–Trinajstić information content (AvgIpc) is 3.36. The highest BCUT2D eigenvalue weighted by Crippen LogP contribution is 2.70. The van der Waals surface area contributed by atoms with E-state index >= 15 is 0 Å². The molecule has 1 aromatic rings. The van der Waals surface area contributed by atoms with Gasteiger partial charge in [0, 0.05) is 18.8 Å². The van der Waals surface area contributed by atoms with Gasteiger partial charge in [-0.2, -0.15) is 0 Å². The summed E-state index contributed by atoms with van der Waals surface area (Å²) in [7, 11) is 0. The van der Waals surface area contributed by atoms with Gasteiger partial charge in [0.1, 0.15) is 6.10 Å². The molecule has 2 heterocycles. The maximum absolute atomic E-state index is 12.7. The van der Waals surface area contributed by atoms with Gasteiger partial charge in [-0.1, -0.05) is 57.5 Å². The lowest BCUT2D eigenvalue weighted by molar-refractivity contribution is -0.272. The number of carbonyl (C=O) groups is 1. The highest BCUT2D eigenvalue weighted by molar-refractivity contribution is 5.89. The highest BCUT2D eigenvalue weighted by Gasteiger charge is 2.68. The molecule has 2 aliphatic heterocycles. The van der Waals surface area contributed by atoms with E-state index in [4.69, 9.17) is 14.2 Å². The molecule has 5 fully saturated rings. The average molecular weight is 519 g/mol. The van der Waals surface area contributed by atoms with Gasteiger partial charge in [0.25, 0.3) is 0 Å². The quantitative estimate of drug-likeness (QED) is 0.299. The Bertz CT molecular complexity index is 1100. The molecule has 4 heteroatoms. The van der Waals surface area contributed by atoms with Crippen LogP contribution in [-0.4, -0.2) is 30.6 Å². The predicted octanol–water partition coefficient (Wildman–Crippen LogP) is 7.58. The number of fused-ring (bicyclic) bond motifs is 7. The lowest BCUT2D eigenvalue weighted by atomic mass is 9.47. The molecule has 4 aliphatic carbocycles. The van der Waals surface area contributed by atoms with Crippen molar-refractivity contribution < 1.29 is 19.0 Å². The minimum atomic E-state index is -0.326. The molecule has 4 nitrogen and oxygen atoms in total. The summed E-state index contributed by atoms with van der Waals surface area (Å²) in [5, 5.41) is 0. The summed E-state index contributed by atoms with van der Waals surface area (Å²) in [5.41, 5.74) is 2.81. The SMILES string of the molecule is C[C@H]1CCC2(OC1)O[C@@H]1C[C@@H]3[C@H]4CC=C5C[C@H](OC(=O)c6ccccc6)CC[C@@]5(C)[C@@H]4CC[C@@]3(C)[C@@H]1[C@H]2C. The molecule has 1 aromatic carbocycles. The fourth-order valence-electron chi connectivity index (χ4n) is 10.5. The number of esters is 1. The van der Waals surface area contributed by atoms with E-state index in [2.05, 4.69) is 33.8 Å². The number of benzene rings is 1. The van der Waals surface area contributed by atoms with Crippen molar-refractivity contribution in [1.29, 1.82) is 0 Å². The van der Waals surface area contributed by atoms with Crippen LogP contribution in [0, 0.1) is 46.3 Å². The van der Waals surface area contributed by atoms with Crippen LogP contribution >= 0.6 is 0 Å². The summed E-state index contributed by atoms with van der Waals surface area (Å²) >= 11 is 0. The number of hydrogen-bond acceptors (Lipinski definition) is 4. The van der Waals surface area contributed by atoms with Crippen molar-refractivity contribution in [2.75, 3.05) is 6.61 Å². The maximum Gasteiger partial charge on any atom is 0.338 e. The maximum atomic E-state index is 12.7. The zero-order valence-electron chi connectivity index (χ0n) is 23.8. The van der Waals surface area contributed by atoms with E-state index in [-0.39, 0.29) is 23.3 Å². The second-order valence-corrected chi connectivity index (χ2v) is 14.4. The molecule has 0 N–H and O–H groups in total. The van der Waals surface area contributed by atoms with Crippen LogP contribution in [-0.2, 0) is 14.2 Å². The van der Waals surface area contributed by atoms with Gasteiger partial charge in [-0.05, 0) is 97.5 Å². The Morgan fingerprint density at radius 2 is 1.82 bits per heavy atom. The molecule has 6 aliphatic rings. The van der Waals surface area contributed by atoms with Crippen molar-refractivity contribution in [3.63, 3.8) is 0 Å². The van der Waals surface area contributed by atoms with Gasteiger partial charge >= 0.3 is 5.97 Å². The van der Waals surface area contributed by atoms with Crippen molar-refractivity contribution in [3.8, 4) is 0 Å². The molecular formula is C34H46O4. The molecular weight excluding hydrogens is 472 g/mol. The van der Waals surface area contributed by atoms with E-state index in [9.17, 15) is 4.79 Å². The Hall–Kier alpha value is -1.65. The minimum Gasteiger partial charge on any atom is -0.458 e. The van der Waals surface area contributed by atoms with Gasteiger partial charge in [-0.3, -0.25) is 0 Å². The minimum absolute atomic E-state index is 0.00178. The number of hydrogen-bond donors (Lipinski definition) is 0. The molecule has 38 heavy (non-hydrogen) atoms. The molecule has 1 unspecified atom stereocenters. The second kappa shape index (κ2) is 8.93. The Labute approximate surface area is 228 Å². The van der Waals surface area contributed by atoms with Crippen LogP contribution in [0.2, 0.25) is 0 Å². The van der Waals surface area contributed by atoms with Crippen LogP contribution in [0.4, 0.5) is 0 Å². The van der Waals surface area contributed by atoms with Gasteiger partial charge in [0.15, 0.2) is 5.79 Å². The van der Waals surface area contributed by atoms with Gasteiger partial charge in [-0.15, -0.1) is 0 Å². The first kappa shape index (κ1) is 25.3. The fraction of sp³-hybridized carbons (Fsp3) is 0.735. The molecule has 1 spiro atoms. The monoisotopic (exact) mass is 518 g/mol. The number of ether oxygens (including phenoxy) is 3. The fourth-order valence-corrected chi connectivity index (χ4v) is 10.5. The predicted molar refractivity (Wildman–Crippen MR) is 147 cm³/mol. The van der Waals surface area contributed by atoms with Gasteiger partial charge < -0.3 is 14.2 Å². The third-order valence-electron chi connectivity index (χ3n) is 12.6. The third-order valence-corrected chi connectivity index (χ3v) is 12.6. The molecule has 11 atom stereocenters. The lowest BCUT2D eigenvalue weighted by Gasteiger charge is -2.58. The van der Waals surface area contributed by atoms with E-state index in [1.165, 1.54) is 32.1 Å². The zero-order chi connectivity index (χ0) is 26.3. The first-order valence-corrected chi connectivity index (χ1v) is 15.5. The Morgan fingerprint density at radius 3 is 2.58 bits per heavy atom. The highest BCUT2D eigenvalue weighted by atomic mass is 16.7. The number of carbonyl (C=O) groups excluding carboxylic acids is 1. The van der Waals surface area contributed by atoms with Crippen LogP contribution in [0.3, 0.4) is 0 Å². The smallest absolute Gasteiger partial charge is 0.338 e. The van der Waals surface area contributed by atoms with E-state index in [1.54, 1.807) is 5.57 Å². The molecule has 0 amide bonds. The molecule has 0 bridgehead atoms. The van der Waals surface area contributed by atoms with Crippen LogP contribution < -0.4 is 0 Å². The summed E-state index contributed by atoms with van der Waals surface area (Å²) in [6, 6.07) is 9.45. The van der Waals surface area contributed by atoms with Gasteiger partial charge in [0.2, 0.25) is 0 Å². The molecule has 206 valence electrons. The van der Waals surface area contributed by atoms with E-state index < -0.39 is 0 Å². The first-order valence-electron chi connectivity index (χ1n) is 15.5. The topological polar surface area (TPSA) is 44.8 Å². The summed E-state index contributed by atoms with van der Waals surface area (Å²) < 4.78 is 19.5. The molecule has 0 radical (unpaired) electrons. The molecule has 0 aromatic heterocycles. The van der Waals surface area contributed by atoms with Crippen LogP contribution in [0.15, 0.2) is 42.0 Å². The zero-order valence-corrected chi connectivity index (χ0v) is 23.8. The van der Waals surface area contributed by atoms with Crippen LogP contribution in [0.5, 0.6) is 0 Å². The summed E-state index contributed by atoms with van der Waals surface area (Å²) in [6.45, 7) is 10.7. The van der Waals surface area contributed by atoms with Crippen molar-refractivity contribution >= 4 is 5.97 Å². The normalized spacial score (nSPS) is 49.4. The first-order chi connectivity index (χ1) is 18.2. The van der Waals surface area contributed by atoms with E-state index in [0.717, 1.165) is 50.0 Å². The van der Waals surface area contributed by atoms with E-state index in [1.807, 2.05) is 30.3 Å². The number of rotatable bonds is 2. The van der Waals surface area contributed by atoms with Crippen molar-refractivity contribution in [1.82, 2.24) is 0 Å². The Balaban J connectivity index is 1.08. The molecule has 7 rings (SSSR count).